The second kappa shape index (κ2) is 6.76. The number of para-hydroxylation sites is 1. The third-order valence-corrected chi connectivity index (χ3v) is 5.67. The van der Waals surface area contributed by atoms with Crippen molar-refractivity contribution in [1.82, 2.24) is 15.5 Å². The first-order valence-corrected chi connectivity index (χ1v) is 9.46. The molecule has 6 heteroatoms. The Hall–Kier alpha value is -2.34. The SMILES string of the molecule is CCC[C@]1(C2CCNCC2)NC(=O)N(Cc2cc3ccccc3o2)C1=O. The van der Waals surface area contributed by atoms with Gasteiger partial charge >= 0.3 is 6.03 Å². The van der Waals surface area contributed by atoms with Crippen LogP contribution in [-0.4, -0.2) is 35.5 Å². The molecule has 3 heterocycles. The number of amides is 3. The van der Waals surface area contributed by atoms with Crippen molar-refractivity contribution in [3.8, 4) is 0 Å². The van der Waals surface area contributed by atoms with Crippen LogP contribution in [0.3, 0.4) is 0 Å². The van der Waals surface area contributed by atoms with Gasteiger partial charge in [-0.2, -0.15) is 0 Å². The molecule has 2 N–H and O–H groups in total. The summed E-state index contributed by atoms with van der Waals surface area (Å²) in [7, 11) is 0. The monoisotopic (exact) mass is 355 g/mol. The van der Waals surface area contributed by atoms with Crippen LogP contribution in [0.5, 0.6) is 0 Å². The van der Waals surface area contributed by atoms with Crippen molar-refractivity contribution in [2.75, 3.05) is 13.1 Å². The zero-order valence-corrected chi connectivity index (χ0v) is 15.1. The summed E-state index contributed by atoms with van der Waals surface area (Å²) in [6.07, 6.45) is 3.35. The summed E-state index contributed by atoms with van der Waals surface area (Å²) < 4.78 is 5.82. The van der Waals surface area contributed by atoms with E-state index in [0.29, 0.717) is 12.2 Å². The third-order valence-electron chi connectivity index (χ3n) is 5.67. The molecule has 2 aliphatic rings. The van der Waals surface area contributed by atoms with Gasteiger partial charge in [-0.1, -0.05) is 31.5 Å². The molecule has 26 heavy (non-hydrogen) atoms. The second-order valence-electron chi connectivity index (χ2n) is 7.32. The van der Waals surface area contributed by atoms with Crippen molar-refractivity contribution in [3.05, 3.63) is 36.1 Å². The maximum absolute atomic E-state index is 13.3. The number of carbonyl (C=O) groups is 2. The summed E-state index contributed by atoms with van der Waals surface area (Å²) in [5, 5.41) is 7.38. The van der Waals surface area contributed by atoms with Crippen LogP contribution in [0, 0.1) is 5.92 Å². The lowest BCUT2D eigenvalue weighted by Crippen LogP contribution is -2.55. The lowest BCUT2D eigenvalue weighted by molar-refractivity contribution is -0.134. The average molecular weight is 355 g/mol. The highest BCUT2D eigenvalue weighted by molar-refractivity contribution is 6.07. The van der Waals surface area contributed by atoms with E-state index < -0.39 is 5.54 Å². The number of rotatable bonds is 5. The average Bonchev–Trinajstić information content (AvgIpc) is 3.17. The topological polar surface area (TPSA) is 74.6 Å². The number of benzene rings is 1. The van der Waals surface area contributed by atoms with Gasteiger partial charge in [0.1, 0.15) is 16.9 Å². The number of hydrogen-bond donors (Lipinski definition) is 2. The van der Waals surface area contributed by atoms with Crippen molar-refractivity contribution in [2.45, 2.75) is 44.7 Å². The van der Waals surface area contributed by atoms with Crippen LogP contribution in [0.25, 0.3) is 11.0 Å². The summed E-state index contributed by atoms with van der Waals surface area (Å²) in [5.74, 6) is 0.713. The van der Waals surface area contributed by atoms with Crippen molar-refractivity contribution in [3.63, 3.8) is 0 Å². The smallest absolute Gasteiger partial charge is 0.325 e. The molecule has 3 amide bonds. The third kappa shape index (κ3) is 2.78. The molecule has 2 aromatic rings. The van der Waals surface area contributed by atoms with E-state index in [1.807, 2.05) is 30.3 Å². The van der Waals surface area contributed by atoms with Gasteiger partial charge in [0.05, 0.1) is 6.54 Å². The van der Waals surface area contributed by atoms with E-state index in [1.54, 1.807) is 0 Å². The highest BCUT2D eigenvalue weighted by Crippen LogP contribution is 2.36. The van der Waals surface area contributed by atoms with E-state index in [4.69, 9.17) is 4.42 Å². The fraction of sp³-hybridized carbons (Fsp3) is 0.500. The maximum Gasteiger partial charge on any atom is 0.325 e. The van der Waals surface area contributed by atoms with Crippen LogP contribution < -0.4 is 10.6 Å². The highest BCUT2D eigenvalue weighted by Gasteiger charge is 2.55. The number of urea groups is 1. The van der Waals surface area contributed by atoms with Crippen LogP contribution in [0.1, 0.15) is 38.4 Å². The molecule has 1 aromatic carbocycles. The lowest BCUT2D eigenvalue weighted by atomic mass is 9.75. The molecular weight excluding hydrogens is 330 g/mol. The zero-order chi connectivity index (χ0) is 18.1. The van der Waals surface area contributed by atoms with Gasteiger partial charge in [-0.25, -0.2) is 4.79 Å². The number of imide groups is 1. The van der Waals surface area contributed by atoms with Crippen molar-refractivity contribution in [1.29, 1.82) is 0 Å². The van der Waals surface area contributed by atoms with E-state index >= 15 is 0 Å². The first-order valence-electron chi connectivity index (χ1n) is 9.46. The first-order chi connectivity index (χ1) is 12.6. The summed E-state index contributed by atoms with van der Waals surface area (Å²) >= 11 is 0. The highest BCUT2D eigenvalue weighted by atomic mass is 16.3. The molecule has 4 rings (SSSR count). The van der Waals surface area contributed by atoms with E-state index in [1.165, 1.54) is 4.90 Å². The van der Waals surface area contributed by atoms with Crippen molar-refractivity contribution >= 4 is 22.9 Å². The number of piperidine rings is 1. The summed E-state index contributed by atoms with van der Waals surface area (Å²) in [6.45, 7) is 4.02. The summed E-state index contributed by atoms with van der Waals surface area (Å²) in [5.41, 5.74) is 0.00711. The number of hydrogen-bond acceptors (Lipinski definition) is 4. The van der Waals surface area contributed by atoms with Crippen LogP contribution >= 0.6 is 0 Å². The Labute approximate surface area is 152 Å². The van der Waals surface area contributed by atoms with Crippen LogP contribution in [-0.2, 0) is 11.3 Å². The molecule has 0 unspecified atom stereocenters. The number of carbonyl (C=O) groups excluding carboxylic acids is 2. The minimum Gasteiger partial charge on any atom is -0.459 e. The van der Waals surface area contributed by atoms with E-state index in [9.17, 15) is 9.59 Å². The van der Waals surface area contributed by atoms with Gasteiger partial charge in [-0.3, -0.25) is 9.69 Å². The number of nitrogens with zero attached hydrogens (tertiary/aromatic N) is 1. The van der Waals surface area contributed by atoms with Crippen molar-refractivity contribution in [2.24, 2.45) is 5.92 Å². The molecule has 1 aromatic heterocycles. The number of nitrogens with one attached hydrogen (secondary N) is 2. The molecule has 0 radical (unpaired) electrons. The van der Waals surface area contributed by atoms with Gasteiger partial charge in [0.25, 0.3) is 5.91 Å². The van der Waals surface area contributed by atoms with E-state index in [2.05, 4.69) is 17.6 Å². The molecule has 1 atom stereocenters. The Morgan fingerprint density at radius 2 is 2.00 bits per heavy atom. The Kier molecular flexibility index (Phi) is 4.44. The largest absolute Gasteiger partial charge is 0.459 e. The summed E-state index contributed by atoms with van der Waals surface area (Å²) in [6, 6.07) is 9.31. The van der Waals surface area contributed by atoms with Gasteiger partial charge < -0.3 is 15.1 Å². The molecule has 0 aliphatic carbocycles. The van der Waals surface area contributed by atoms with Crippen molar-refractivity contribution < 1.29 is 14.0 Å². The maximum atomic E-state index is 13.3. The Morgan fingerprint density at radius 3 is 2.73 bits per heavy atom. The second-order valence-corrected chi connectivity index (χ2v) is 7.32. The Bertz CT molecular complexity index is 792. The zero-order valence-electron chi connectivity index (χ0n) is 15.1. The minimum atomic E-state index is -0.764. The molecular formula is C20H25N3O3. The molecule has 0 saturated carbocycles. The Balaban J connectivity index is 1.60. The number of fused-ring (bicyclic) bond motifs is 1. The predicted octanol–water partition coefficient (Wildman–Crippen LogP) is 3.02. The van der Waals surface area contributed by atoms with Gasteiger partial charge in [-0.15, -0.1) is 0 Å². The fourth-order valence-electron chi connectivity index (χ4n) is 4.42. The molecule has 2 fully saturated rings. The molecule has 2 aliphatic heterocycles. The molecule has 0 spiro atoms. The van der Waals surface area contributed by atoms with E-state index in [-0.39, 0.29) is 24.4 Å². The molecule has 0 bridgehead atoms. The predicted molar refractivity (Wildman–Crippen MR) is 98.5 cm³/mol. The fourth-order valence-corrected chi connectivity index (χ4v) is 4.42. The van der Waals surface area contributed by atoms with Crippen LogP contribution in [0.15, 0.2) is 34.7 Å². The van der Waals surface area contributed by atoms with E-state index in [0.717, 1.165) is 43.3 Å². The normalized spacial score (nSPS) is 24.4. The first kappa shape index (κ1) is 17.1. The number of furan rings is 1. The van der Waals surface area contributed by atoms with Gasteiger partial charge in [0, 0.05) is 5.39 Å². The van der Waals surface area contributed by atoms with Crippen LogP contribution in [0.2, 0.25) is 0 Å². The quantitative estimate of drug-likeness (QED) is 0.809. The lowest BCUT2D eigenvalue weighted by Gasteiger charge is -2.37. The molecule has 138 valence electrons. The van der Waals surface area contributed by atoms with Gasteiger partial charge in [0.2, 0.25) is 0 Å². The molecule has 2 saturated heterocycles. The Morgan fingerprint density at radius 1 is 1.23 bits per heavy atom. The van der Waals surface area contributed by atoms with Gasteiger partial charge in [0.15, 0.2) is 0 Å². The summed E-state index contributed by atoms with van der Waals surface area (Å²) in [4.78, 5) is 27.3. The molecule has 6 nitrogen and oxygen atoms in total. The standard InChI is InChI=1S/C20H25N3O3/c1-2-9-20(15-7-10-21-11-8-15)18(24)23(19(25)22-20)13-16-12-14-5-3-4-6-17(14)26-16/h3-6,12,15,21H,2,7-11,13H2,1H3,(H,22,25)/t20-/m1/s1. The van der Waals surface area contributed by atoms with Crippen LogP contribution in [0.4, 0.5) is 4.79 Å². The van der Waals surface area contributed by atoms with Gasteiger partial charge in [-0.05, 0) is 50.4 Å². The minimum absolute atomic E-state index is 0.100.